The number of ether oxygens (including phenoxy) is 5. The summed E-state index contributed by atoms with van der Waals surface area (Å²) in [7, 11) is 0. The standard InChI is InChI=1S/C45H41BrO8/c46-41-39(51-29-33-17-9-3-10-18-33)26-38(50-28-32-15-7-2-8-16-32)40-43(41)54-42(35-21-22-36(48)37(49)25-35)44(52-30-34-19-11-4-12-20-34)45(40,53-24-23-47)27-31-13-5-1-6-14-31/h1-22,25-26,42,44,47-49H,23-24,27-30H2/t42-,44+,45+/m1/s1. The Hall–Kier alpha value is -5.32. The molecule has 3 atom stereocenters. The number of aromatic hydroxyl groups is 2. The minimum absolute atomic E-state index is 0.0347. The third-order valence-electron chi connectivity index (χ3n) is 9.39. The molecule has 1 heterocycles. The Morgan fingerprint density at radius 1 is 0.611 bits per heavy atom. The Kier molecular flexibility index (Phi) is 11.8. The van der Waals surface area contributed by atoms with Gasteiger partial charge in [-0.05, 0) is 55.9 Å². The molecule has 0 saturated carbocycles. The van der Waals surface area contributed by atoms with Crippen molar-refractivity contribution in [1.29, 1.82) is 0 Å². The van der Waals surface area contributed by atoms with Gasteiger partial charge in [0.2, 0.25) is 0 Å². The van der Waals surface area contributed by atoms with Crippen LogP contribution in [0.15, 0.2) is 150 Å². The van der Waals surface area contributed by atoms with Crippen molar-refractivity contribution >= 4 is 15.9 Å². The Morgan fingerprint density at radius 3 is 1.70 bits per heavy atom. The fourth-order valence-corrected chi connectivity index (χ4v) is 7.35. The first-order chi connectivity index (χ1) is 26.4. The molecule has 3 N–H and O–H groups in total. The van der Waals surface area contributed by atoms with Crippen molar-refractivity contribution in [2.45, 2.75) is 44.1 Å². The van der Waals surface area contributed by atoms with Gasteiger partial charge in [-0.25, -0.2) is 0 Å². The summed E-state index contributed by atoms with van der Waals surface area (Å²) in [5.74, 6) is 0.758. The molecule has 0 spiro atoms. The summed E-state index contributed by atoms with van der Waals surface area (Å²) < 4.78 is 34.7. The van der Waals surface area contributed by atoms with E-state index in [1.807, 2.05) is 127 Å². The van der Waals surface area contributed by atoms with E-state index in [0.717, 1.165) is 22.3 Å². The van der Waals surface area contributed by atoms with Gasteiger partial charge in [-0.3, -0.25) is 0 Å². The molecule has 1 aliphatic rings. The molecule has 0 radical (unpaired) electrons. The molecule has 1 aliphatic heterocycles. The van der Waals surface area contributed by atoms with Gasteiger partial charge in [0.05, 0.1) is 25.4 Å². The Labute approximate surface area is 323 Å². The summed E-state index contributed by atoms with van der Waals surface area (Å²) in [6.07, 6.45) is -1.48. The van der Waals surface area contributed by atoms with Gasteiger partial charge in [-0.15, -0.1) is 0 Å². The maximum absolute atomic E-state index is 10.8. The summed E-state index contributed by atoms with van der Waals surface area (Å²) >= 11 is 3.86. The number of aliphatic hydroxyl groups excluding tert-OH is 1. The zero-order valence-corrected chi connectivity index (χ0v) is 31.1. The maximum Gasteiger partial charge on any atom is 0.157 e. The summed E-state index contributed by atoms with van der Waals surface area (Å²) in [5, 5.41) is 31.5. The second kappa shape index (κ2) is 17.2. The number of hydrogen-bond donors (Lipinski definition) is 3. The van der Waals surface area contributed by atoms with Crippen molar-refractivity contribution in [3.8, 4) is 28.7 Å². The molecule has 6 aromatic rings. The quantitative estimate of drug-likeness (QED) is 0.0885. The molecule has 0 aromatic heterocycles. The SMILES string of the molecule is OCCO[C@@]1(Cc2ccccc2)c2c(OCc3ccccc3)cc(OCc3ccccc3)c(Br)c2O[C@H](c2ccc(O)c(O)c2)[C@@H]1OCc1ccccc1. The highest BCUT2D eigenvalue weighted by molar-refractivity contribution is 9.10. The van der Waals surface area contributed by atoms with Crippen LogP contribution in [0.2, 0.25) is 0 Å². The van der Waals surface area contributed by atoms with Crippen molar-refractivity contribution in [2.75, 3.05) is 13.2 Å². The fourth-order valence-electron chi connectivity index (χ4n) is 6.83. The van der Waals surface area contributed by atoms with Gasteiger partial charge in [-0.1, -0.05) is 127 Å². The lowest BCUT2D eigenvalue weighted by atomic mass is 9.75. The number of phenolic OH excluding ortho intramolecular Hbond substituents is 2. The molecule has 8 nitrogen and oxygen atoms in total. The molecule has 7 rings (SSSR count). The van der Waals surface area contributed by atoms with E-state index in [1.54, 1.807) is 6.07 Å². The highest BCUT2D eigenvalue weighted by Crippen LogP contribution is 2.58. The zero-order chi connectivity index (χ0) is 37.3. The predicted octanol–water partition coefficient (Wildman–Crippen LogP) is 9.18. The van der Waals surface area contributed by atoms with E-state index in [4.69, 9.17) is 23.7 Å². The lowest BCUT2D eigenvalue weighted by Crippen LogP contribution is -2.53. The van der Waals surface area contributed by atoms with Crippen LogP contribution in [0.5, 0.6) is 28.7 Å². The first kappa shape index (κ1) is 37.0. The van der Waals surface area contributed by atoms with Gasteiger partial charge in [0.25, 0.3) is 0 Å². The smallest absolute Gasteiger partial charge is 0.157 e. The molecule has 0 bridgehead atoms. The summed E-state index contributed by atoms with van der Waals surface area (Å²) in [6, 6.07) is 45.9. The van der Waals surface area contributed by atoms with E-state index in [0.29, 0.717) is 39.3 Å². The number of rotatable bonds is 15. The number of benzene rings is 6. The van der Waals surface area contributed by atoms with Crippen LogP contribution in [0.25, 0.3) is 0 Å². The molecule has 0 saturated heterocycles. The normalized spacial score (nSPS) is 17.7. The number of phenols is 2. The van der Waals surface area contributed by atoms with Crippen molar-refractivity contribution in [1.82, 2.24) is 0 Å². The lowest BCUT2D eigenvalue weighted by Gasteiger charge is -2.49. The third-order valence-corrected chi connectivity index (χ3v) is 10.1. The van der Waals surface area contributed by atoms with Crippen LogP contribution in [-0.2, 0) is 41.3 Å². The second-order valence-corrected chi connectivity index (χ2v) is 13.9. The number of halogens is 1. The monoisotopic (exact) mass is 788 g/mol. The summed E-state index contributed by atoms with van der Waals surface area (Å²) in [4.78, 5) is 0. The highest BCUT2D eigenvalue weighted by atomic mass is 79.9. The van der Waals surface area contributed by atoms with E-state index < -0.39 is 17.8 Å². The molecule has 6 aromatic carbocycles. The van der Waals surface area contributed by atoms with Gasteiger partial charge < -0.3 is 39.0 Å². The van der Waals surface area contributed by atoms with Crippen molar-refractivity contribution in [2.24, 2.45) is 0 Å². The van der Waals surface area contributed by atoms with Crippen molar-refractivity contribution in [3.63, 3.8) is 0 Å². The second-order valence-electron chi connectivity index (χ2n) is 13.1. The molecule has 9 heteroatoms. The van der Waals surface area contributed by atoms with E-state index in [2.05, 4.69) is 15.9 Å². The lowest BCUT2D eigenvalue weighted by molar-refractivity contribution is -0.205. The average Bonchev–Trinajstić information content (AvgIpc) is 3.21. The van der Waals surface area contributed by atoms with E-state index in [9.17, 15) is 15.3 Å². The van der Waals surface area contributed by atoms with Crippen LogP contribution in [0.1, 0.15) is 39.5 Å². The number of fused-ring (bicyclic) bond motifs is 1. The molecule has 54 heavy (non-hydrogen) atoms. The molecular formula is C45H41BrO8. The summed E-state index contributed by atoms with van der Waals surface area (Å²) in [5.41, 5.74) is 3.57. The van der Waals surface area contributed by atoms with Crippen LogP contribution in [0, 0.1) is 0 Å². The summed E-state index contributed by atoms with van der Waals surface area (Å²) in [6.45, 7) is 0.419. The van der Waals surface area contributed by atoms with E-state index in [1.165, 1.54) is 12.1 Å². The number of aliphatic hydroxyl groups is 1. The zero-order valence-electron chi connectivity index (χ0n) is 29.5. The fraction of sp³-hybridized carbons (Fsp3) is 0.200. The molecule has 0 fully saturated rings. The minimum atomic E-state index is -1.35. The van der Waals surface area contributed by atoms with Gasteiger partial charge in [0.15, 0.2) is 17.6 Å². The van der Waals surface area contributed by atoms with E-state index >= 15 is 0 Å². The maximum atomic E-state index is 10.8. The largest absolute Gasteiger partial charge is 0.504 e. The van der Waals surface area contributed by atoms with Crippen LogP contribution in [-0.4, -0.2) is 34.6 Å². The van der Waals surface area contributed by atoms with Crippen LogP contribution < -0.4 is 14.2 Å². The van der Waals surface area contributed by atoms with Crippen LogP contribution in [0.4, 0.5) is 0 Å². The van der Waals surface area contributed by atoms with Crippen molar-refractivity contribution in [3.05, 3.63) is 183 Å². The Bertz CT molecular complexity index is 2120. The van der Waals surface area contributed by atoms with Crippen LogP contribution in [0.3, 0.4) is 0 Å². The Morgan fingerprint density at radius 2 is 1.15 bits per heavy atom. The van der Waals surface area contributed by atoms with Gasteiger partial charge in [0.1, 0.15) is 46.6 Å². The first-order valence-corrected chi connectivity index (χ1v) is 18.6. The topological polar surface area (TPSA) is 107 Å². The van der Waals surface area contributed by atoms with Crippen LogP contribution >= 0.6 is 15.9 Å². The van der Waals surface area contributed by atoms with Gasteiger partial charge in [0, 0.05) is 12.5 Å². The van der Waals surface area contributed by atoms with Gasteiger partial charge in [-0.2, -0.15) is 0 Å². The minimum Gasteiger partial charge on any atom is -0.504 e. The first-order valence-electron chi connectivity index (χ1n) is 17.8. The molecule has 0 unspecified atom stereocenters. The van der Waals surface area contributed by atoms with E-state index in [-0.39, 0.29) is 44.5 Å². The molecule has 0 amide bonds. The van der Waals surface area contributed by atoms with Crippen molar-refractivity contribution < 1.29 is 39.0 Å². The Balaban J connectivity index is 1.46. The predicted molar refractivity (Wildman–Crippen MR) is 209 cm³/mol. The molecular weight excluding hydrogens is 748 g/mol. The highest BCUT2D eigenvalue weighted by Gasteiger charge is 2.56. The molecule has 276 valence electrons. The molecule has 0 aliphatic carbocycles. The average molecular weight is 790 g/mol. The third kappa shape index (κ3) is 8.25. The number of hydrogen-bond acceptors (Lipinski definition) is 8. The van der Waals surface area contributed by atoms with Gasteiger partial charge >= 0.3 is 0 Å².